The first-order chi connectivity index (χ1) is 24.1. The number of amides is 3. The number of carbonyl (C=O) groups excluding carboxylic acids is 3. The molecule has 50 heavy (non-hydrogen) atoms. The Balaban J connectivity index is 1.10. The minimum absolute atomic E-state index is 0.0267. The van der Waals surface area contributed by atoms with Crippen LogP contribution in [0.15, 0.2) is 60.9 Å². The van der Waals surface area contributed by atoms with Crippen LogP contribution in [0.3, 0.4) is 0 Å². The van der Waals surface area contributed by atoms with Crippen LogP contribution in [0.4, 0.5) is 4.79 Å². The Morgan fingerprint density at radius 1 is 0.780 bits per heavy atom. The molecule has 12 heteroatoms. The van der Waals surface area contributed by atoms with Gasteiger partial charge in [0.15, 0.2) is 0 Å². The molecule has 2 saturated heterocycles. The van der Waals surface area contributed by atoms with Crippen molar-refractivity contribution in [1.82, 2.24) is 40.4 Å². The second-order valence-electron chi connectivity index (χ2n) is 13.8. The molecule has 0 spiro atoms. The summed E-state index contributed by atoms with van der Waals surface area (Å²) in [5.41, 5.74) is 6.02. The Kier molecular flexibility index (Phi) is 10.7. The van der Waals surface area contributed by atoms with E-state index < -0.39 is 12.1 Å². The number of hydrogen-bond donors (Lipinski definition) is 4. The number of hydrogen-bond acceptors (Lipinski definition) is 7. The molecule has 3 atom stereocenters. The lowest BCUT2D eigenvalue weighted by molar-refractivity contribution is -0.135. The van der Waals surface area contributed by atoms with E-state index in [0.717, 1.165) is 77.5 Å². The minimum atomic E-state index is -0.673. The topological polar surface area (TPSA) is 148 Å². The number of imidazole rings is 2. The van der Waals surface area contributed by atoms with E-state index in [2.05, 4.69) is 79.1 Å². The molecular formula is C38H48N8O4. The van der Waals surface area contributed by atoms with Gasteiger partial charge in [0.2, 0.25) is 11.8 Å². The number of ether oxygens (including phenoxy) is 1. The number of carbonyl (C=O) groups is 3. The second-order valence-corrected chi connectivity index (χ2v) is 13.8. The van der Waals surface area contributed by atoms with Crippen LogP contribution in [0.1, 0.15) is 77.1 Å². The van der Waals surface area contributed by atoms with E-state index in [9.17, 15) is 14.4 Å². The van der Waals surface area contributed by atoms with Crippen molar-refractivity contribution in [2.75, 3.05) is 26.7 Å². The third-order valence-corrected chi connectivity index (χ3v) is 9.71. The fourth-order valence-corrected chi connectivity index (χ4v) is 6.93. The smallest absolute Gasteiger partial charge is 0.407 e. The highest BCUT2D eigenvalue weighted by Gasteiger charge is 2.37. The summed E-state index contributed by atoms with van der Waals surface area (Å²) in [6.45, 7) is 9.60. The number of aromatic nitrogens is 4. The summed E-state index contributed by atoms with van der Waals surface area (Å²) in [6.07, 6.45) is 6.59. The van der Waals surface area contributed by atoms with E-state index in [1.807, 2.05) is 49.9 Å². The summed E-state index contributed by atoms with van der Waals surface area (Å²) in [5, 5.41) is 5.93. The molecule has 4 N–H and O–H groups in total. The third kappa shape index (κ3) is 7.60. The van der Waals surface area contributed by atoms with Gasteiger partial charge in [0.1, 0.15) is 17.7 Å². The average Bonchev–Trinajstić information content (AvgIpc) is 3.95. The number of rotatable bonds is 11. The summed E-state index contributed by atoms with van der Waals surface area (Å²) >= 11 is 0. The second kappa shape index (κ2) is 15.3. The average molecular weight is 681 g/mol. The highest BCUT2D eigenvalue weighted by atomic mass is 16.5. The van der Waals surface area contributed by atoms with Gasteiger partial charge in [-0.2, -0.15) is 0 Å². The molecular weight excluding hydrogens is 632 g/mol. The van der Waals surface area contributed by atoms with E-state index in [1.165, 1.54) is 7.11 Å². The number of methoxy groups -OCH3 is 1. The minimum Gasteiger partial charge on any atom is -0.453 e. The van der Waals surface area contributed by atoms with Crippen molar-refractivity contribution < 1.29 is 19.1 Å². The van der Waals surface area contributed by atoms with E-state index >= 15 is 0 Å². The quantitative estimate of drug-likeness (QED) is 0.156. The Labute approximate surface area is 293 Å². The predicted molar refractivity (Wildman–Crippen MR) is 192 cm³/mol. The molecule has 4 heterocycles. The number of alkyl carbamates (subject to hydrolysis) is 1. The maximum atomic E-state index is 13.5. The highest BCUT2D eigenvalue weighted by Crippen LogP contribution is 2.34. The molecule has 2 aromatic heterocycles. The van der Waals surface area contributed by atoms with Crippen LogP contribution in [-0.4, -0.2) is 86.5 Å². The third-order valence-electron chi connectivity index (χ3n) is 9.71. The molecule has 0 radical (unpaired) electrons. The van der Waals surface area contributed by atoms with Gasteiger partial charge in [-0.3, -0.25) is 9.59 Å². The largest absolute Gasteiger partial charge is 0.453 e. The number of H-pyrrole nitrogens is 2. The fraction of sp³-hybridized carbons (Fsp3) is 0.447. The fourth-order valence-electron chi connectivity index (χ4n) is 6.93. The van der Waals surface area contributed by atoms with Crippen LogP contribution in [-0.2, 0) is 14.3 Å². The molecule has 12 nitrogen and oxygen atoms in total. The number of benzene rings is 2. The lowest BCUT2D eigenvalue weighted by Gasteiger charge is -2.30. The number of nitrogens with zero attached hydrogens (tertiary/aromatic N) is 4. The van der Waals surface area contributed by atoms with Crippen molar-refractivity contribution in [3.8, 4) is 33.6 Å². The van der Waals surface area contributed by atoms with Crippen LogP contribution in [0.5, 0.6) is 0 Å². The molecule has 0 aliphatic carbocycles. The van der Waals surface area contributed by atoms with Gasteiger partial charge in [0.25, 0.3) is 0 Å². The van der Waals surface area contributed by atoms with Gasteiger partial charge in [-0.05, 0) is 53.9 Å². The van der Waals surface area contributed by atoms with Crippen molar-refractivity contribution in [2.24, 2.45) is 5.92 Å². The van der Waals surface area contributed by atoms with Crippen LogP contribution in [0.2, 0.25) is 0 Å². The van der Waals surface area contributed by atoms with Gasteiger partial charge < -0.3 is 35.1 Å². The lowest BCUT2D eigenvalue weighted by Crippen LogP contribution is -2.51. The maximum Gasteiger partial charge on any atom is 0.407 e. The zero-order valence-corrected chi connectivity index (χ0v) is 29.5. The van der Waals surface area contributed by atoms with Gasteiger partial charge in [0.05, 0.1) is 49.5 Å². The first-order valence-corrected chi connectivity index (χ1v) is 17.6. The monoisotopic (exact) mass is 680 g/mol. The molecule has 0 saturated carbocycles. The van der Waals surface area contributed by atoms with Gasteiger partial charge >= 0.3 is 6.09 Å². The van der Waals surface area contributed by atoms with E-state index in [-0.39, 0.29) is 35.9 Å². The van der Waals surface area contributed by atoms with Crippen molar-refractivity contribution in [3.05, 3.63) is 72.6 Å². The lowest BCUT2D eigenvalue weighted by atomic mass is 10.0. The van der Waals surface area contributed by atoms with Crippen LogP contribution in [0.25, 0.3) is 33.6 Å². The standard InChI is InChI=1S/C38H48N8O4/c1-23(2)34(44-38(49)50-5)37(48)46-19-7-9-32(46)36-41-21-30(43-36)28-16-12-26(13-17-28)25-10-14-27(15-11-25)29-20-40-35(42-29)31-8-6-18-45(31)33(47)22-39-24(3)4/h10-17,20-21,23-24,31-32,34,39H,6-9,18-19,22H2,1-5H3,(H,40,42)(H,41,43)(H,44,49)/t31?,32-,34-/m0/s1. The summed E-state index contributed by atoms with van der Waals surface area (Å²) in [5.74, 6) is 1.46. The van der Waals surface area contributed by atoms with Gasteiger partial charge in [0, 0.05) is 19.1 Å². The van der Waals surface area contributed by atoms with Crippen LogP contribution < -0.4 is 10.6 Å². The summed E-state index contributed by atoms with van der Waals surface area (Å²) < 4.78 is 4.75. The van der Waals surface area contributed by atoms with Crippen LogP contribution in [0, 0.1) is 5.92 Å². The predicted octanol–water partition coefficient (Wildman–Crippen LogP) is 5.84. The van der Waals surface area contributed by atoms with Crippen molar-refractivity contribution in [1.29, 1.82) is 0 Å². The maximum absolute atomic E-state index is 13.5. The summed E-state index contributed by atoms with van der Waals surface area (Å²) in [6, 6.07) is 16.1. The van der Waals surface area contributed by atoms with Crippen LogP contribution >= 0.6 is 0 Å². The van der Waals surface area contributed by atoms with E-state index in [1.54, 1.807) is 0 Å². The van der Waals surface area contributed by atoms with Crippen molar-refractivity contribution in [2.45, 2.75) is 77.5 Å². The Hall–Kier alpha value is -4.97. The molecule has 4 aromatic rings. The SMILES string of the molecule is COC(=O)N[C@H](C(=O)N1CCC[C@H]1c1ncc(-c2ccc(-c3ccc(-c4cnc(C5CCCN5C(=O)CNC(C)C)[nH]4)cc3)cc2)[nH]1)C(C)C. The zero-order valence-electron chi connectivity index (χ0n) is 29.5. The molecule has 1 unspecified atom stereocenters. The molecule has 2 aromatic carbocycles. The summed E-state index contributed by atoms with van der Waals surface area (Å²) in [4.78, 5) is 58.3. The number of likely N-dealkylation sites (tertiary alicyclic amines) is 2. The molecule has 2 aliphatic heterocycles. The summed E-state index contributed by atoms with van der Waals surface area (Å²) in [7, 11) is 1.30. The molecule has 6 rings (SSSR count). The van der Waals surface area contributed by atoms with Crippen molar-refractivity contribution in [3.63, 3.8) is 0 Å². The van der Waals surface area contributed by atoms with Gasteiger partial charge in [-0.15, -0.1) is 0 Å². The Morgan fingerprint density at radius 2 is 1.26 bits per heavy atom. The normalized spacial score (nSPS) is 18.2. The van der Waals surface area contributed by atoms with Gasteiger partial charge in [-0.25, -0.2) is 14.8 Å². The Bertz CT molecular complexity index is 1780. The van der Waals surface area contributed by atoms with E-state index in [0.29, 0.717) is 13.1 Å². The van der Waals surface area contributed by atoms with Gasteiger partial charge in [-0.1, -0.05) is 76.2 Å². The highest BCUT2D eigenvalue weighted by molar-refractivity contribution is 5.86. The first kappa shape index (κ1) is 34.9. The molecule has 264 valence electrons. The van der Waals surface area contributed by atoms with E-state index in [4.69, 9.17) is 4.74 Å². The molecule has 2 aliphatic rings. The zero-order chi connectivity index (χ0) is 35.4. The number of aromatic amines is 2. The Morgan fingerprint density at radius 3 is 1.74 bits per heavy atom. The molecule has 0 bridgehead atoms. The first-order valence-electron chi connectivity index (χ1n) is 17.6. The molecule has 2 fully saturated rings. The van der Waals surface area contributed by atoms with Crippen molar-refractivity contribution >= 4 is 17.9 Å². The molecule has 3 amide bonds. The number of nitrogens with one attached hydrogen (secondary N) is 4.